The van der Waals surface area contributed by atoms with Gasteiger partial charge in [-0.2, -0.15) is 4.37 Å². The molecule has 0 fully saturated rings. The third-order valence-corrected chi connectivity index (χ3v) is 11.5. The van der Waals surface area contributed by atoms with E-state index in [9.17, 15) is 23.1 Å². The van der Waals surface area contributed by atoms with Crippen molar-refractivity contribution in [1.82, 2.24) is 25.0 Å². The Labute approximate surface area is 303 Å². The monoisotopic (exact) mass is 765 g/mol. The quantitative estimate of drug-likeness (QED) is 0.0795. The van der Waals surface area contributed by atoms with Gasteiger partial charge in [0.1, 0.15) is 33.5 Å². The first-order valence-corrected chi connectivity index (χ1v) is 18.7. The van der Waals surface area contributed by atoms with Gasteiger partial charge in [0, 0.05) is 65.1 Å². The van der Waals surface area contributed by atoms with E-state index in [0.717, 1.165) is 21.9 Å². The first-order chi connectivity index (χ1) is 24.1. The maximum absolute atomic E-state index is 16.2. The Hall–Kier alpha value is -4.75. The Balaban J connectivity index is 1.72. The van der Waals surface area contributed by atoms with Crippen molar-refractivity contribution in [3.63, 3.8) is 0 Å². The van der Waals surface area contributed by atoms with Crippen LogP contribution in [0.15, 0.2) is 53.1 Å². The molecule has 51 heavy (non-hydrogen) atoms. The molecule has 0 aliphatic carbocycles. The number of nitrogens with one attached hydrogen (secondary N) is 3. The fourth-order valence-electron chi connectivity index (χ4n) is 5.52. The molecule has 2 aromatic heterocycles. The van der Waals surface area contributed by atoms with E-state index in [2.05, 4.69) is 30.3 Å². The highest BCUT2D eigenvalue weighted by Gasteiger charge is 2.33. The minimum absolute atomic E-state index is 0.00852. The van der Waals surface area contributed by atoms with Crippen LogP contribution in [-0.2, 0) is 16.6 Å². The third kappa shape index (κ3) is 10.2. The Kier molecular flexibility index (Phi) is 13.0. The number of rotatable bonds is 18. The highest BCUT2D eigenvalue weighted by molar-refractivity contribution is 7.93. The summed E-state index contributed by atoms with van der Waals surface area (Å²) in [5.41, 5.74) is 0.615. The highest BCUT2D eigenvalue weighted by atomic mass is 32.2. The number of carboxylic acid groups (broad SMARTS) is 2. The van der Waals surface area contributed by atoms with E-state index in [1.807, 2.05) is 13.8 Å². The maximum atomic E-state index is 16.2. The molecule has 276 valence electrons. The largest absolute Gasteiger partial charge is 0.497 e. The Morgan fingerprint density at radius 3 is 2.47 bits per heavy atom. The molecule has 2 unspecified atom stereocenters. The first kappa shape index (κ1) is 39.0. The number of hydrogen-bond acceptors (Lipinski definition) is 12. The number of carbonyl (C=O) groups is 2. The molecule has 2 aromatic carbocycles. The average molecular weight is 766 g/mol. The van der Waals surface area contributed by atoms with Crippen molar-refractivity contribution in [1.29, 1.82) is 0 Å². The number of amides is 2. The van der Waals surface area contributed by atoms with Crippen molar-refractivity contribution >= 4 is 55.9 Å². The second kappa shape index (κ2) is 17.0. The van der Waals surface area contributed by atoms with Crippen LogP contribution >= 0.6 is 22.9 Å². The van der Waals surface area contributed by atoms with Crippen molar-refractivity contribution in [2.45, 2.75) is 51.1 Å². The van der Waals surface area contributed by atoms with Gasteiger partial charge in [-0.3, -0.25) is 0 Å². The molecule has 15 nitrogen and oxygen atoms in total. The molecular weight excluding hydrogens is 726 g/mol. The number of anilines is 2. The molecule has 4 aromatic rings. The van der Waals surface area contributed by atoms with Crippen molar-refractivity contribution < 1.29 is 42.1 Å². The van der Waals surface area contributed by atoms with Crippen molar-refractivity contribution in [2.24, 2.45) is 11.3 Å². The third-order valence-electron chi connectivity index (χ3n) is 8.18. The average Bonchev–Trinajstić information content (AvgIpc) is 3.80. The van der Waals surface area contributed by atoms with Crippen LogP contribution in [0.5, 0.6) is 11.5 Å². The topological polar surface area (TPSA) is 205 Å². The van der Waals surface area contributed by atoms with Crippen LogP contribution in [0.2, 0.25) is 0 Å². The number of thiazole rings is 1. The summed E-state index contributed by atoms with van der Waals surface area (Å²) in [4.78, 5) is 30.4. The molecule has 2 amide bonds. The molecule has 0 radical (unpaired) electrons. The maximum Gasteiger partial charge on any atom is 0.404 e. The molecule has 0 saturated carbocycles. The molecular formula is C32H40FN7O8S3. The van der Waals surface area contributed by atoms with Gasteiger partial charge < -0.3 is 35.6 Å². The second-order valence-electron chi connectivity index (χ2n) is 12.3. The number of nitrogens with zero attached hydrogens (tertiary/aromatic N) is 4. The van der Waals surface area contributed by atoms with Gasteiger partial charge in [-0.05, 0) is 55.4 Å². The molecule has 19 heteroatoms. The Bertz CT molecular complexity index is 1890. The summed E-state index contributed by atoms with van der Waals surface area (Å²) >= 11 is 2.05. The van der Waals surface area contributed by atoms with Crippen molar-refractivity contribution in [2.75, 3.05) is 36.9 Å². The summed E-state index contributed by atoms with van der Waals surface area (Å²) < 4.78 is 60.6. The molecule has 0 bridgehead atoms. The normalized spacial score (nSPS) is 12.8. The van der Waals surface area contributed by atoms with Gasteiger partial charge in [-0.1, -0.05) is 13.8 Å². The van der Waals surface area contributed by atoms with E-state index in [-0.39, 0.29) is 36.4 Å². The molecule has 5 N–H and O–H groups in total. The Morgan fingerprint density at radius 1 is 1.10 bits per heavy atom. The molecule has 2 atom stereocenters. The SMILES string of the molecule is COc1ccc(CN(c2ncns2)S(=O)(=O)c2cc(-c3nccs3)c(NCC(CC(C)(C)CCNC(=O)O)C(C)NC(=O)O)cc2F)c(OC)c1. The summed E-state index contributed by atoms with van der Waals surface area (Å²) in [5, 5.41) is 28.6. The highest BCUT2D eigenvalue weighted by Crippen LogP contribution is 2.38. The van der Waals surface area contributed by atoms with Crippen LogP contribution in [0, 0.1) is 17.2 Å². The van der Waals surface area contributed by atoms with E-state index in [1.165, 1.54) is 38.0 Å². The van der Waals surface area contributed by atoms with Crippen LogP contribution in [0.25, 0.3) is 10.6 Å². The smallest absolute Gasteiger partial charge is 0.404 e. The van der Waals surface area contributed by atoms with Crippen LogP contribution in [0.1, 0.15) is 39.2 Å². The minimum atomic E-state index is -4.62. The van der Waals surface area contributed by atoms with Crippen LogP contribution < -0.4 is 29.7 Å². The van der Waals surface area contributed by atoms with Crippen LogP contribution in [0.3, 0.4) is 0 Å². The fourth-order valence-corrected chi connectivity index (χ4v) is 8.39. The van der Waals surface area contributed by atoms with Gasteiger partial charge in [0.25, 0.3) is 10.0 Å². The van der Waals surface area contributed by atoms with Gasteiger partial charge in [-0.15, -0.1) is 11.3 Å². The predicted molar refractivity (Wildman–Crippen MR) is 192 cm³/mol. The summed E-state index contributed by atoms with van der Waals surface area (Å²) in [6, 6.07) is 6.66. The van der Waals surface area contributed by atoms with Crippen molar-refractivity contribution in [3.05, 3.63) is 59.6 Å². The molecule has 0 spiro atoms. The lowest BCUT2D eigenvalue weighted by molar-refractivity contribution is 0.173. The lowest BCUT2D eigenvalue weighted by atomic mass is 9.77. The van der Waals surface area contributed by atoms with Crippen molar-refractivity contribution in [3.8, 4) is 22.1 Å². The molecule has 2 heterocycles. The first-order valence-electron chi connectivity index (χ1n) is 15.6. The van der Waals surface area contributed by atoms with Gasteiger partial charge in [0.15, 0.2) is 0 Å². The number of aromatic nitrogens is 3. The van der Waals surface area contributed by atoms with E-state index in [4.69, 9.17) is 14.6 Å². The zero-order chi connectivity index (χ0) is 37.3. The van der Waals surface area contributed by atoms with Gasteiger partial charge in [-0.25, -0.2) is 36.7 Å². The number of benzene rings is 2. The van der Waals surface area contributed by atoms with E-state index in [0.29, 0.717) is 40.5 Å². The number of ether oxygens (including phenoxy) is 2. The van der Waals surface area contributed by atoms with Crippen LogP contribution in [0.4, 0.5) is 24.8 Å². The standard InChI is InChI=1S/C32H40FN7O8S3/c1-19(39-31(43)44)21(15-32(2,3)8-9-35-30(41)42)16-36-25-14-24(33)27(13-23(25)28-34-10-11-49-28)51(45,46)40(29-37-18-38-50-29)17-20-6-7-22(47-4)12-26(20)48-5/h6-7,10-14,18-19,21,35-36,39H,8-9,15-17H2,1-5H3,(H,41,42)(H,43,44). The van der Waals surface area contributed by atoms with E-state index >= 15 is 4.39 Å². The molecule has 0 aliphatic rings. The molecule has 0 aliphatic heterocycles. The fraction of sp³-hybridized carbons (Fsp3) is 0.406. The summed E-state index contributed by atoms with van der Waals surface area (Å²) in [5.74, 6) is -0.534. The lowest BCUT2D eigenvalue weighted by Crippen LogP contribution is -2.42. The molecule has 0 saturated heterocycles. The van der Waals surface area contributed by atoms with E-state index in [1.54, 1.807) is 36.7 Å². The lowest BCUT2D eigenvalue weighted by Gasteiger charge is -2.33. The van der Waals surface area contributed by atoms with Gasteiger partial charge in [0.05, 0.1) is 20.8 Å². The van der Waals surface area contributed by atoms with Gasteiger partial charge in [0.2, 0.25) is 5.13 Å². The van der Waals surface area contributed by atoms with Crippen LogP contribution in [-0.4, -0.2) is 78.5 Å². The second-order valence-corrected chi connectivity index (χ2v) is 15.8. The number of hydrogen-bond donors (Lipinski definition) is 5. The zero-order valence-electron chi connectivity index (χ0n) is 28.5. The summed E-state index contributed by atoms with van der Waals surface area (Å²) in [6.07, 6.45) is 1.34. The molecule has 4 rings (SSSR count). The predicted octanol–water partition coefficient (Wildman–Crippen LogP) is 5.97. The summed E-state index contributed by atoms with van der Waals surface area (Å²) in [7, 11) is -1.69. The number of methoxy groups -OCH3 is 2. The van der Waals surface area contributed by atoms with Gasteiger partial charge >= 0.3 is 12.2 Å². The zero-order valence-corrected chi connectivity index (χ0v) is 31.0. The number of halogens is 1. The summed E-state index contributed by atoms with van der Waals surface area (Å²) in [6.45, 7) is 5.72. The van der Waals surface area contributed by atoms with E-state index < -0.39 is 44.4 Å². The Morgan fingerprint density at radius 2 is 1.86 bits per heavy atom. The number of sulfonamides is 1. The minimum Gasteiger partial charge on any atom is -0.497 e.